The molecule has 3 aromatic carbocycles. The van der Waals surface area contributed by atoms with Crippen molar-refractivity contribution in [3.8, 4) is 0 Å². The van der Waals surface area contributed by atoms with Gasteiger partial charge in [0.2, 0.25) is 0 Å². The molecular formula is C37H46F3N3O2. The van der Waals surface area contributed by atoms with Gasteiger partial charge in [-0.1, -0.05) is 160 Å². The SMILES string of the molecule is [N-]=[N+]=N[C@@H](COC(c1ccccc1)(c1ccccc1)c1ccccc1)[C@H](O)/C=C/CCCCCCCCCCCCC(F)(F)F. The molecule has 0 fully saturated rings. The van der Waals surface area contributed by atoms with Crippen LogP contribution in [0.15, 0.2) is 108 Å². The minimum Gasteiger partial charge on any atom is -0.389 e. The van der Waals surface area contributed by atoms with Crippen molar-refractivity contribution in [2.45, 2.75) is 101 Å². The molecule has 8 heteroatoms. The molecule has 45 heavy (non-hydrogen) atoms. The molecule has 0 saturated carbocycles. The minimum atomic E-state index is -4.03. The number of aliphatic hydroxyl groups excluding tert-OH is 1. The highest BCUT2D eigenvalue weighted by atomic mass is 19.4. The third-order valence-corrected chi connectivity index (χ3v) is 8.02. The Balaban J connectivity index is 1.50. The highest BCUT2D eigenvalue weighted by Gasteiger charge is 2.38. The third-order valence-electron chi connectivity index (χ3n) is 8.02. The summed E-state index contributed by atoms with van der Waals surface area (Å²) in [5.74, 6) is 0. The number of azide groups is 1. The number of hydrogen-bond acceptors (Lipinski definition) is 3. The fourth-order valence-corrected chi connectivity index (χ4v) is 5.61. The summed E-state index contributed by atoms with van der Waals surface area (Å²) in [6, 6.07) is 28.9. The van der Waals surface area contributed by atoms with Gasteiger partial charge in [-0.3, -0.25) is 0 Å². The quantitative estimate of drug-likeness (QED) is 0.0321. The van der Waals surface area contributed by atoms with Gasteiger partial charge in [0.25, 0.3) is 0 Å². The molecule has 0 aromatic heterocycles. The van der Waals surface area contributed by atoms with Crippen molar-refractivity contribution < 1.29 is 23.0 Å². The summed E-state index contributed by atoms with van der Waals surface area (Å²) in [5, 5.41) is 14.9. The summed E-state index contributed by atoms with van der Waals surface area (Å²) in [6.07, 6.45) is 7.96. The molecule has 0 bridgehead atoms. The van der Waals surface area contributed by atoms with Gasteiger partial charge in [0.05, 0.1) is 18.8 Å². The van der Waals surface area contributed by atoms with Crippen LogP contribution in [0.25, 0.3) is 10.4 Å². The van der Waals surface area contributed by atoms with E-state index in [-0.39, 0.29) is 13.0 Å². The van der Waals surface area contributed by atoms with Gasteiger partial charge in [-0.15, -0.1) is 0 Å². The van der Waals surface area contributed by atoms with Crippen molar-refractivity contribution in [2.24, 2.45) is 5.11 Å². The van der Waals surface area contributed by atoms with Gasteiger partial charge in [0.1, 0.15) is 5.60 Å². The first kappa shape index (κ1) is 35.9. The lowest BCUT2D eigenvalue weighted by Crippen LogP contribution is -2.37. The van der Waals surface area contributed by atoms with Gasteiger partial charge >= 0.3 is 6.18 Å². The Labute approximate surface area is 265 Å². The Morgan fingerprint density at radius 3 is 1.53 bits per heavy atom. The third kappa shape index (κ3) is 12.4. The second-order valence-corrected chi connectivity index (χ2v) is 11.5. The maximum atomic E-state index is 12.2. The summed E-state index contributed by atoms with van der Waals surface area (Å²) < 4.78 is 43.3. The molecule has 0 heterocycles. The predicted octanol–water partition coefficient (Wildman–Crippen LogP) is 10.8. The first-order valence-corrected chi connectivity index (χ1v) is 16.1. The normalized spacial score (nSPS) is 13.4. The molecule has 242 valence electrons. The molecule has 2 atom stereocenters. The highest BCUT2D eigenvalue weighted by molar-refractivity contribution is 5.47. The number of rotatable bonds is 21. The molecule has 0 saturated heterocycles. The number of nitrogens with zero attached hydrogens (tertiary/aromatic N) is 3. The van der Waals surface area contributed by atoms with Crippen LogP contribution in [0.5, 0.6) is 0 Å². The molecule has 1 N–H and O–H groups in total. The Kier molecular flexibility index (Phi) is 15.7. The molecule has 5 nitrogen and oxygen atoms in total. The predicted molar refractivity (Wildman–Crippen MR) is 175 cm³/mol. The van der Waals surface area contributed by atoms with Gasteiger partial charge in [0, 0.05) is 11.3 Å². The lowest BCUT2D eigenvalue weighted by atomic mass is 9.80. The van der Waals surface area contributed by atoms with E-state index in [1.807, 2.05) is 97.1 Å². The number of hydrogen-bond donors (Lipinski definition) is 1. The molecule has 0 spiro atoms. The molecule has 0 aliphatic carbocycles. The molecule has 0 aliphatic heterocycles. The maximum absolute atomic E-state index is 12.2. The number of halogens is 3. The van der Waals surface area contributed by atoms with Crippen LogP contribution in [-0.4, -0.2) is 30.0 Å². The zero-order valence-corrected chi connectivity index (χ0v) is 26.0. The number of alkyl halides is 3. The summed E-state index contributed by atoms with van der Waals surface area (Å²) in [4.78, 5) is 3.01. The average molecular weight is 622 g/mol. The van der Waals surface area contributed by atoms with E-state index in [9.17, 15) is 23.8 Å². The van der Waals surface area contributed by atoms with Crippen molar-refractivity contribution in [1.82, 2.24) is 0 Å². The molecule has 0 aliphatic rings. The van der Waals surface area contributed by atoms with Crippen molar-refractivity contribution in [3.05, 3.63) is 130 Å². The first-order chi connectivity index (χ1) is 21.9. The molecule has 0 amide bonds. The molecule has 3 aromatic rings. The van der Waals surface area contributed by atoms with Crippen LogP contribution in [0.2, 0.25) is 0 Å². The van der Waals surface area contributed by atoms with E-state index in [0.717, 1.165) is 74.5 Å². The number of aliphatic hydroxyl groups is 1. The molecular weight excluding hydrogens is 575 g/mol. The van der Waals surface area contributed by atoms with Crippen molar-refractivity contribution in [2.75, 3.05) is 6.61 Å². The van der Waals surface area contributed by atoms with Crippen LogP contribution in [0.4, 0.5) is 13.2 Å². The largest absolute Gasteiger partial charge is 0.389 e. The Morgan fingerprint density at radius 2 is 1.11 bits per heavy atom. The zero-order valence-electron chi connectivity index (χ0n) is 26.0. The number of benzene rings is 3. The van der Waals surface area contributed by atoms with Gasteiger partial charge < -0.3 is 9.84 Å². The van der Waals surface area contributed by atoms with Gasteiger partial charge in [-0.05, 0) is 41.5 Å². The lowest BCUT2D eigenvalue weighted by molar-refractivity contribution is -0.135. The van der Waals surface area contributed by atoms with Crippen molar-refractivity contribution in [3.63, 3.8) is 0 Å². The second kappa shape index (κ2) is 19.7. The van der Waals surface area contributed by atoms with Crippen molar-refractivity contribution >= 4 is 0 Å². The van der Waals surface area contributed by atoms with Crippen LogP contribution in [0.3, 0.4) is 0 Å². The Hall–Kier alpha value is -3.58. The van der Waals surface area contributed by atoms with E-state index in [4.69, 9.17) is 4.74 Å². The summed E-state index contributed by atoms with van der Waals surface area (Å²) in [7, 11) is 0. The van der Waals surface area contributed by atoms with Crippen LogP contribution >= 0.6 is 0 Å². The van der Waals surface area contributed by atoms with E-state index in [1.165, 1.54) is 0 Å². The van der Waals surface area contributed by atoms with Crippen LogP contribution in [0.1, 0.15) is 93.7 Å². The zero-order chi connectivity index (χ0) is 32.2. The molecule has 0 unspecified atom stereocenters. The topological polar surface area (TPSA) is 78.2 Å². The van der Waals surface area contributed by atoms with E-state index < -0.39 is 30.3 Å². The van der Waals surface area contributed by atoms with Gasteiger partial charge in [0.15, 0.2) is 0 Å². The van der Waals surface area contributed by atoms with Crippen LogP contribution in [0, 0.1) is 0 Å². The van der Waals surface area contributed by atoms with Gasteiger partial charge in [-0.2, -0.15) is 13.2 Å². The number of ether oxygens (including phenoxy) is 1. The van der Waals surface area contributed by atoms with E-state index >= 15 is 0 Å². The molecule has 3 rings (SSSR count). The lowest BCUT2D eigenvalue weighted by Gasteiger charge is -2.37. The van der Waals surface area contributed by atoms with Crippen LogP contribution < -0.4 is 0 Å². The molecule has 0 radical (unpaired) electrons. The monoisotopic (exact) mass is 621 g/mol. The Morgan fingerprint density at radius 1 is 0.689 bits per heavy atom. The van der Waals surface area contributed by atoms with Crippen LogP contribution in [-0.2, 0) is 10.3 Å². The fraction of sp³-hybridized carbons (Fsp3) is 0.459. The fourth-order valence-electron chi connectivity index (χ4n) is 5.61. The highest BCUT2D eigenvalue weighted by Crippen LogP contribution is 2.40. The number of allylic oxidation sites excluding steroid dienone is 1. The summed E-state index contributed by atoms with van der Waals surface area (Å²) in [5.41, 5.74) is 11.1. The summed E-state index contributed by atoms with van der Waals surface area (Å²) in [6.45, 7) is -0.00339. The standard InChI is InChI=1S/C37H46F3N3O2/c38-36(39,40)29-21-10-8-6-4-2-1-3-5-7-9-20-28-35(44)34(42-43-41)30-45-37(31-22-14-11-15-23-31,32-24-16-12-17-25-32)33-26-18-13-19-27-33/h11-20,22-28,34-35,44H,1-10,21,29-30H2/b28-20+/t34-,35+/m0/s1. The van der Waals surface area contributed by atoms with E-state index in [1.54, 1.807) is 6.08 Å². The average Bonchev–Trinajstić information content (AvgIpc) is 3.05. The van der Waals surface area contributed by atoms with E-state index in [0.29, 0.717) is 6.42 Å². The maximum Gasteiger partial charge on any atom is 0.389 e. The van der Waals surface area contributed by atoms with Crippen molar-refractivity contribution in [1.29, 1.82) is 0 Å². The van der Waals surface area contributed by atoms with Gasteiger partial charge in [-0.25, -0.2) is 0 Å². The second-order valence-electron chi connectivity index (χ2n) is 11.5. The smallest absolute Gasteiger partial charge is 0.389 e. The number of unbranched alkanes of at least 4 members (excludes halogenated alkanes) is 10. The minimum absolute atomic E-state index is 0.00339. The summed E-state index contributed by atoms with van der Waals surface area (Å²) >= 11 is 0. The van der Waals surface area contributed by atoms with E-state index in [2.05, 4.69) is 10.0 Å². The first-order valence-electron chi connectivity index (χ1n) is 16.1. The Bertz CT molecular complexity index is 1180.